The van der Waals surface area contributed by atoms with E-state index in [1.54, 1.807) is 42.5 Å². The van der Waals surface area contributed by atoms with Crippen LogP contribution in [0, 0.1) is 0 Å². The summed E-state index contributed by atoms with van der Waals surface area (Å²) < 4.78 is 24.9. The Kier molecular flexibility index (Phi) is 4.74. The highest BCUT2D eigenvalue weighted by atomic mass is 35.5. The molecule has 0 radical (unpaired) electrons. The van der Waals surface area contributed by atoms with E-state index in [1.165, 1.54) is 0 Å². The van der Waals surface area contributed by atoms with Gasteiger partial charge in [0.25, 0.3) is 0 Å². The Morgan fingerprint density at radius 1 is 0.900 bits per heavy atom. The first kappa shape index (κ1) is 15.4. The minimum Gasteiger partial charge on any atom is -0.224 e. The topological polar surface area (TPSA) is 34.1 Å². The molecule has 0 saturated heterocycles. The minimum absolute atomic E-state index is 0.0185. The van der Waals surface area contributed by atoms with E-state index in [4.69, 9.17) is 23.2 Å². The van der Waals surface area contributed by atoms with Crippen molar-refractivity contribution in [2.45, 2.75) is 9.77 Å². The van der Waals surface area contributed by atoms with Crippen molar-refractivity contribution >= 4 is 33.0 Å². The molecule has 2 aromatic carbocycles. The lowest BCUT2D eigenvalue weighted by atomic mass is 10.0. The predicted octanol–water partition coefficient (Wildman–Crippen LogP) is 3.83. The monoisotopic (exact) mass is 328 g/mol. The molecule has 1 atom stereocenters. The van der Waals surface area contributed by atoms with Crippen LogP contribution >= 0.6 is 23.2 Å². The third-order valence-corrected chi connectivity index (χ3v) is 6.12. The lowest BCUT2D eigenvalue weighted by molar-refractivity contribution is 0.585. The summed E-state index contributed by atoms with van der Waals surface area (Å²) in [6.07, 6.45) is 0. The summed E-state index contributed by atoms with van der Waals surface area (Å²) in [7, 11) is -3.49. The number of hydrogen-bond acceptors (Lipinski definition) is 2. The Hall–Kier alpha value is -1.03. The number of hydrogen-bond donors (Lipinski definition) is 0. The van der Waals surface area contributed by atoms with Gasteiger partial charge in [0.2, 0.25) is 0 Å². The first-order valence-corrected chi connectivity index (χ1v) is 8.63. The van der Waals surface area contributed by atoms with Crippen LogP contribution in [0.4, 0.5) is 0 Å². The van der Waals surface area contributed by atoms with E-state index in [2.05, 4.69) is 0 Å². The van der Waals surface area contributed by atoms with E-state index in [1.807, 2.05) is 18.2 Å². The summed E-state index contributed by atoms with van der Waals surface area (Å²) in [6.45, 7) is 0. The summed E-state index contributed by atoms with van der Waals surface area (Å²) in [6, 6.07) is 17.3. The molecule has 106 valence electrons. The van der Waals surface area contributed by atoms with Crippen LogP contribution < -0.4 is 0 Å². The highest BCUT2D eigenvalue weighted by Crippen LogP contribution is 2.33. The smallest absolute Gasteiger partial charge is 0.180 e. The molecule has 0 aliphatic rings. The normalized spacial score (nSPS) is 14.7. The molecule has 5 heteroatoms. The van der Waals surface area contributed by atoms with Gasteiger partial charge in [0.1, 0.15) is 0 Å². The largest absolute Gasteiger partial charge is 0.224 e. The molecule has 0 amide bonds. The van der Waals surface area contributed by atoms with Gasteiger partial charge in [-0.3, -0.25) is 0 Å². The van der Waals surface area contributed by atoms with Gasteiger partial charge in [-0.2, -0.15) is 0 Å². The van der Waals surface area contributed by atoms with E-state index in [0.717, 1.165) is 0 Å². The predicted molar refractivity (Wildman–Crippen MR) is 83.2 cm³/mol. The molecule has 2 aromatic rings. The van der Waals surface area contributed by atoms with E-state index < -0.39 is 14.7 Å². The van der Waals surface area contributed by atoms with E-state index in [-0.39, 0.29) is 16.5 Å². The zero-order chi connectivity index (χ0) is 14.6. The van der Waals surface area contributed by atoms with Gasteiger partial charge in [-0.05, 0) is 17.7 Å². The van der Waals surface area contributed by atoms with Gasteiger partial charge in [0, 0.05) is 5.88 Å². The second kappa shape index (κ2) is 6.17. The standard InChI is InChI=1S/C15H14Cl2O2S/c16-11-15(17,13-7-3-1-4-8-13)12-20(18,19)14-9-5-2-6-10-14/h1-10H,11-12H2. The lowest BCUT2D eigenvalue weighted by Crippen LogP contribution is -2.31. The van der Waals surface area contributed by atoms with Crippen molar-refractivity contribution in [2.75, 3.05) is 11.6 Å². The highest BCUT2D eigenvalue weighted by molar-refractivity contribution is 7.91. The molecule has 0 aromatic heterocycles. The van der Waals surface area contributed by atoms with Crippen LogP contribution in [-0.4, -0.2) is 20.1 Å². The SMILES string of the molecule is O=S(=O)(CC(Cl)(CCl)c1ccccc1)c1ccccc1. The van der Waals surface area contributed by atoms with Crippen molar-refractivity contribution in [1.29, 1.82) is 0 Å². The van der Waals surface area contributed by atoms with Crippen molar-refractivity contribution in [3.05, 3.63) is 66.2 Å². The van der Waals surface area contributed by atoms with E-state index >= 15 is 0 Å². The van der Waals surface area contributed by atoms with Gasteiger partial charge < -0.3 is 0 Å². The lowest BCUT2D eigenvalue weighted by Gasteiger charge is -2.24. The molecular formula is C15H14Cl2O2S. The fourth-order valence-corrected chi connectivity index (χ4v) is 4.48. The van der Waals surface area contributed by atoms with E-state index in [9.17, 15) is 8.42 Å². The number of halogens is 2. The molecular weight excluding hydrogens is 315 g/mol. The molecule has 0 aliphatic heterocycles. The van der Waals surface area contributed by atoms with E-state index in [0.29, 0.717) is 5.56 Å². The summed E-state index contributed by atoms with van der Waals surface area (Å²) in [5.74, 6) is -0.219. The fourth-order valence-electron chi connectivity index (χ4n) is 1.95. The van der Waals surface area contributed by atoms with Gasteiger partial charge >= 0.3 is 0 Å². The van der Waals surface area contributed by atoms with Crippen molar-refractivity contribution in [1.82, 2.24) is 0 Å². The summed E-state index contributed by atoms with van der Waals surface area (Å²) in [5, 5.41) is 0. The van der Waals surface area contributed by atoms with Crippen LogP contribution in [0.5, 0.6) is 0 Å². The van der Waals surface area contributed by atoms with Gasteiger partial charge in [-0.15, -0.1) is 23.2 Å². The van der Waals surface area contributed by atoms with Crippen molar-refractivity contribution in [3.8, 4) is 0 Å². The van der Waals surface area contributed by atoms with Crippen LogP contribution in [0.25, 0.3) is 0 Å². The first-order valence-electron chi connectivity index (χ1n) is 6.06. The zero-order valence-corrected chi connectivity index (χ0v) is 13.0. The molecule has 0 fully saturated rings. The summed E-state index contributed by atoms with van der Waals surface area (Å²) >= 11 is 12.4. The Labute approximate surface area is 129 Å². The molecule has 0 N–H and O–H groups in total. The number of rotatable bonds is 5. The zero-order valence-electron chi connectivity index (χ0n) is 10.7. The van der Waals surface area contributed by atoms with Crippen LogP contribution in [0.3, 0.4) is 0 Å². The fraction of sp³-hybridized carbons (Fsp3) is 0.200. The summed E-state index contributed by atoms with van der Waals surface area (Å²) in [4.78, 5) is -0.872. The Balaban J connectivity index is 2.36. The minimum atomic E-state index is -3.49. The molecule has 20 heavy (non-hydrogen) atoms. The molecule has 2 nitrogen and oxygen atoms in total. The quantitative estimate of drug-likeness (QED) is 0.781. The van der Waals surface area contributed by atoms with Crippen LogP contribution in [0.1, 0.15) is 5.56 Å². The Morgan fingerprint density at radius 2 is 1.40 bits per heavy atom. The third kappa shape index (κ3) is 3.35. The summed E-state index contributed by atoms with van der Waals surface area (Å²) in [5.41, 5.74) is 0.705. The number of sulfone groups is 1. The maximum absolute atomic E-state index is 12.4. The molecule has 0 heterocycles. The molecule has 0 saturated carbocycles. The van der Waals surface area contributed by atoms with Crippen molar-refractivity contribution < 1.29 is 8.42 Å². The van der Waals surface area contributed by atoms with Gasteiger partial charge in [-0.25, -0.2) is 8.42 Å². The van der Waals surface area contributed by atoms with Crippen LogP contribution in [-0.2, 0) is 14.7 Å². The first-order chi connectivity index (χ1) is 9.48. The van der Waals surface area contributed by atoms with Crippen LogP contribution in [0.15, 0.2) is 65.6 Å². The average Bonchev–Trinajstić information content (AvgIpc) is 2.48. The molecule has 0 spiro atoms. The maximum atomic E-state index is 12.4. The highest BCUT2D eigenvalue weighted by Gasteiger charge is 2.35. The van der Waals surface area contributed by atoms with Crippen molar-refractivity contribution in [3.63, 3.8) is 0 Å². The van der Waals surface area contributed by atoms with Gasteiger partial charge in [-0.1, -0.05) is 48.5 Å². The molecule has 0 bridgehead atoms. The van der Waals surface area contributed by atoms with Crippen molar-refractivity contribution in [2.24, 2.45) is 0 Å². The molecule has 0 aliphatic carbocycles. The molecule has 1 unspecified atom stereocenters. The third-order valence-electron chi connectivity index (χ3n) is 3.02. The molecule has 2 rings (SSSR count). The van der Waals surface area contributed by atoms with Gasteiger partial charge in [0.15, 0.2) is 9.84 Å². The maximum Gasteiger partial charge on any atom is 0.180 e. The number of benzene rings is 2. The second-order valence-electron chi connectivity index (χ2n) is 4.54. The second-order valence-corrected chi connectivity index (χ2v) is 7.52. The van der Waals surface area contributed by atoms with Gasteiger partial charge in [0.05, 0.1) is 15.5 Å². The Morgan fingerprint density at radius 3 is 1.90 bits per heavy atom. The Bertz CT molecular complexity index is 657. The van der Waals surface area contributed by atoms with Crippen LogP contribution in [0.2, 0.25) is 0 Å². The average molecular weight is 329 g/mol. The number of alkyl halides is 2.